The van der Waals surface area contributed by atoms with Crippen molar-refractivity contribution in [1.29, 1.82) is 0 Å². The molecule has 7 heteroatoms. The fourth-order valence-corrected chi connectivity index (χ4v) is 0.989. The number of nitrogens with zero attached hydrogens (tertiary/aromatic N) is 6. The fourth-order valence-electron chi connectivity index (χ4n) is 0.989. The fraction of sp³-hybridized carbons (Fsp3) is 0.286. The first kappa shape index (κ1) is 8.70. The Labute approximate surface area is 79.4 Å². The van der Waals surface area contributed by atoms with E-state index >= 15 is 0 Å². The van der Waals surface area contributed by atoms with Crippen LogP contribution in [0.15, 0.2) is 18.5 Å². The van der Waals surface area contributed by atoms with Crippen LogP contribution in [0.4, 0.5) is 0 Å². The molecule has 0 bridgehead atoms. The minimum Gasteiger partial charge on any atom is -0.396 e. The van der Waals surface area contributed by atoms with Crippen LogP contribution in [0.3, 0.4) is 0 Å². The lowest BCUT2D eigenvalue weighted by Gasteiger charge is -1.98. The topological polar surface area (TPSA) is 89.6 Å². The van der Waals surface area contributed by atoms with Gasteiger partial charge in [0.05, 0.1) is 5.69 Å². The van der Waals surface area contributed by atoms with E-state index in [1.165, 1.54) is 11.0 Å². The first-order valence-electron chi connectivity index (χ1n) is 4.07. The van der Waals surface area contributed by atoms with Crippen LogP contribution in [0.25, 0.3) is 5.82 Å². The number of rotatable bonds is 3. The smallest absolute Gasteiger partial charge is 0.179 e. The molecular weight excluding hydrogens is 184 g/mol. The van der Waals surface area contributed by atoms with Crippen LogP contribution in [-0.2, 0) is 6.42 Å². The second kappa shape index (κ2) is 3.88. The number of hydrogen-bond donors (Lipinski definition) is 1. The van der Waals surface area contributed by atoms with Gasteiger partial charge >= 0.3 is 0 Å². The third kappa shape index (κ3) is 1.72. The van der Waals surface area contributed by atoms with Gasteiger partial charge in [0, 0.05) is 13.0 Å². The molecule has 2 heterocycles. The molecule has 0 aliphatic rings. The zero-order valence-electron chi connectivity index (χ0n) is 7.28. The maximum atomic E-state index is 8.67. The second-order valence-corrected chi connectivity index (χ2v) is 2.61. The molecule has 2 aromatic heterocycles. The highest BCUT2D eigenvalue weighted by atomic mass is 16.3. The van der Waals surface area contributed by atoms with Crippen molar-refractivity contribution in [3.05, 3.63) is 24.2 Å². The van der Waals surface area contributed by atoms with Crippen LogP contribution >= 0.6 is 0 Å². The first-order valence-corrected chi connectivity index (χ1v) is 4.07. The van der Waals surface area contributed by atoms with Crippen LogP contribution in [0.1, 0.15) is 5.69 Å². The Balaban J connectivity index is 2.22. The molecule has 2 aromatic rings. The van der Waals surface area contributed by atoms with Gasteiger partial charge < -0.3 is 5.11 Å². The van der Waals surface area contributed by atoms with E-state index in [1.807, 2.05) is 0 Å². The zero-order chi connectivity index (χ0) is 9.80. The Morgan fingerprint density at radius 2 is 2.21 bits per heavy atom. The zero-order valence-corrected chi connectivity index (χ0v) is 7.28. The molecule has 2 rings (SSSR count). The highest BCUT2D eigenvalue weighted by molar-refractivity contribution is 5.18. The second-order valence-electron chi connectivity index (χ2n) is 2.61. The van der Waals surface area contributed by atoms with Crippen molar-refractivity contribution in [2.45, 2.75) is 6.42 Å². The summed E-state index contributed by atoms with van der Waals surface area (Å²) in [6.45, 7) is 0.0684. The minimum atomic E-state index is 0.0684. The summed E-state index contributed by atoms with van der Waals surface area (Å²) >= 11 is 0. The molecule has 0 unspecified atom stereocenters. The van der Waals surface area contributed by atoms with Crippen molar-refractivity contribution in [2.75, 3.05) is 6.61 Å². The standard InChI is InChI=1S/C7H8N6O/c14-4-3-6-1-2-7(10-9-6)13-5-8-11-12-13/h1-2,5,14H,3-4H2. The van der Waals surface area contributed by atoms with Crippen LogP contribution in [0, 0.1) is 0 Å². The van der Waals surface area contributed by atoms with E-state index in [0.717, 1.165) is 5.69 Å². The third-order valence-corrected chi connectivity index (χ3v) is 1.66. The number of hydrogen-bond acceptors (Lipinski definition) is 6. The highest BCUT2D eigenvalue weighted by Crippen LogP contribution is 2.00. The van der Waals surface area contributed by atoms with Gasteiger partial charge in [-0.1, -0.05) is 0 Å². The average Bonchev–Trinajstić information content (AvgIpc) is 2.72. The van der Waals surface area contributed by atoms with E-state index in [0.29, 0.717) is 12.2 Å². The number of aromatic nitrogens is 6. The van der Waals surface area contributed by atoms with Crippen LogP contribution in [-0.4, -0.2) is 42.1 Å². The molecule has 7 nitrogen and oxygen atoms in total. The number of tetrazole rings is 1. The molecule has 0 saturated carbocycles. The van der Waals surface area contributed by atoms with Gasteiger partial charge in [0.15, 0.2) is 5.82 Å². The largest absolute Gasteiger partial charge is 0.396 e. The Kier molecular flexibility index (Phi) is 2.41. The molecule has 0 saturated heterocycles. The van der Waals surface area contributed by atoms with Gasteiger partial charge in [-0.15, -0.1) is 10.2 Å². The lowest BCUT2D eigenvalue weighted by molar-refractivity contribution is 0.297. The van der Waals surface area contributed by atoms with E-state index in [1.54, 1.807) is 12.1 Å². The normalized spacial score (nSPS) is 10.4. The Morgan fingerprint density at radius 3 is 2.79 bits per heavy atom. The maximum absolute atomic E-state index is 8.67. The van der Waals surface area contributed by atoms with E-state index in [2.05, 4.69) is 25.7 Å². The van der Waals surface area contributed by atoms with Crippen molar-refractivity contribution in [3.63, 3.8) is 0 Å². The Hall–Kier alpha value is -1.89. The van der Waals surface area contributed by atoms with Crippen LogP contribution in [0.2, 0.25) is 0 Å². The van der Waals surface area contributed by atoms with Crippen LogP contribution in [0.5, 0.6) is 0 Å². The minimum absolute atomic E-state index is 0.0684. The Morgan fingerprint density at radius 1 is 1.29 bits per heavy atom. The lowest BCUT2D eigenvalue weighted by atomic mass is 10.3. The highest BCUT2D eigenvalue weighted by Gasteiger charge is 2.00. The van der Waals surface area contributed by atoms with Gasteiger partial charge in [-0.05, 0) is 22.6 Å². The first-order chi connectivity index (χ1) is 6.90. The maximum Gasteiger partial charge on any atom is 0.179 e. The summed E-state index contributed by atoms with van der Waals surface area (Å²) in [5, 5.41) is 27.1. The summed E-state index contributed by atoms with van der Waals surface area (Å²) in [7, 11) is 0. The van der Waals surface area contributed by atoms with Gasteiger partial charge in [0.1, 0.15) is 6.33 Å². The van der Waals surface area contributed by atoms with Crippen molar-refractivity contribution >= 4 is 0 Å². The van der Waals surface area contributed by atoms with Gasteiger partial charge in [-0.3, -0.25) is 0 Å². The molecule has 0 radical (unpaired) electrons. The quantitative estimate of drug-likeness (QED) is 0.670. The molecule has 0 spiro atoms. The van der Waals surface area contributed by atoms with E-state index in [-0.39, 0.29) is 6.61 Å². The van der Waals surface area contributed by atoms with Crippen molar-refractivity contribution in [3.8, 4) is 5.82 Å². The molecule has 0 fully saturated rings. The summed E-state index contributed by atoms with van der Waals surface area (Å²) in [5.74, 6) is 0.552. The Bertz CT molecular complexity index is 383. The van der Waals surface area contributed by atoms with E-state index < -0.39 is 0 Å². The average molecular weight is 192 g/mol. The lowest BCUT2D eigenvalue weighted by Crippen LogP contribution is -2.03. The van der Waals surface area contributed by atoms with Gasteiger partial charge in [0.2, 0.25) is 0 Å². The van der Waals surface area contributed by atoms with Crippen molar-refractivity contribution in [1.82, 2.24) is 30.4 Å². The summed E-state index contributed by atoms with van der Waals surface area (Å²) in [6, 6.07) is 3.52. The van der Waals surface area contributed by atoms with E-state index in [4.69, 9.17) is 5.11 Å². The number of aliphatic hydroxyl groups is 1. The van der Waals surface area contributed by atoms with Gasteiger partial charge in [0.25, 0.3) is 0 Å². The van der Waals surface area contributed by atoms with Crippen LogP contribution < -0.4 is 0 Å². The van der Waals surface area contributed by atoms with Crippen molar-refractivity contribution < 1.29 is 5.11 Å². The molecule has 0 aromatic carbocycles. The molecule has 0 aliphatic heterocycles. The predicted molar refractivity (Wildman–Crippen MR) is 45.5 cm³/mol. The van der Waals surface area contributed by atoms with Gasteiger partial charge in [-0.2, -0.15) is 9.78 Å². The predicted octanol–water partition coefficient (Wildman–Crippen LogP) is -1.01. The SMILES string of the molecule is OCCc1ccc(-n2cnnn2)nn1. The van der Waals surface area contributed by atoms with Crippen molar-refractivity contribution in [2.24, 2.45) is 0 Å². The summed E-state index contributed by atoms with van der Waals surface area (Å²) in [6.07, 6.45) is 1.94. The molecule has 0 aliphatic carbocycles. The number of aliphatic hydroxyl groups excluding tert-OH is 1. The monoisotopic (exact) mass is 192 g/mol. The summed E-state index contributed by atoms with van der Waals surface area (Å²) in [5.41, 5.74) is 0.740. The molecule has 0 amide bonds. The van der Waals surface area contributed by atoms with E-state index in [9.17, 15) is 0 Å². The molecule has 1 N–H and O–H groups in total. The third-order valence-electron chi connectivity index (χ3n) is 1.66. The molecule has 72 valence electrons. The molecule has 0 atom stereocenters. The summed E-state index contributed by atoms with van der Waals surface area (Å²) < 4.78 is 1.41. The molecule has 14 heavy (non-hydrogen) atoms. The molecular formula is C7H8N6O. The summed E-state index contributed by atoms with van der Waals surface area (Å²) in [4.78, 5) is 0. The van der Waals surface area contributed by atoms with Gasteiger partial charge in [-0.25, -0.2) is 0 Å².